The maximum Gasteiger partial charge on any atom is 0.115 e. The molecule has 0 aliphatic heterocycles. The Morgan fingerprint density at radius 1 is 1.29 bits per heavy atom. The van der Waals surface area contributed by atoms with Crippen LogP contribution in [0.1, 0.15) is 38.8 Å². The quantitative estimate of drug-likeness (QED) is 0.799. The van der Waals surface area contributed by atoms with E-state index in [1.807, 2.05) is 19.4 Å². The molecule has 0 saturated heterocycles. The summed E-state index contributed by atoms with van der Waals surface area (Å²) in [4.78, 5) is 8.06. The van der Waals surface area contributed by atoms with Crippen molar-refractivity contribution in [3.05, 3.63) is 24.3 Å². The van der Waals surface area contributed by atoms with Gasteiger partial charge < -0.3 is 5.32 Å². The zero-order chi connectivity index (χ0) is 10.6. The van der Waals surface area contributed by atoms with Crippen molar-refractivity contribution in [3.63, 3.8) is 0 Å². The average molecular weight is 193 g/mol. The molecule has 1 aromatic heterocycles. The Hall–Kier alpha value is -0.960. The van der Waals surface area contributed by atoms with E-state index in [1.165, 1.54) is 0 Å². The van der Waals surface area contributed by atoms with E-state index in [-0.39, 0.29) is 0 Å². The zero-order valence-electron chi connectivity index (χ0n) is 9.41. The minimum atomic E-state index is 0.309. The summed E-state index contributed by atoms with van der Waals surface area (Å²) in [6.45, 7) is 6.71. The summed E-state index contributed by atoms with van der Waals surface area (Å²) in [6, 6.07) is 0.344. The topological polar surface area (TPSA) is 37.8 Å². The fourth-order valence-electron chi connectivity index (χ4n) is 1.49. The molecular formula is C11H19N3. The van der Waals surface area contributed by atoms with E-state index >= 15 is 0 Å². The maximum atomic E-state index is 4.03. The van der Waals surface area contributed by atoms with Gasteiger partial charge in [0, 0.05) is 24.0 Å². The van der Waals surface area contributed by atoms with Crippen molar-refractivity contribution in [1.29, 1.82) is 0 Å². The number of hydrogen-bond acceptors (Lipinski definition) is 3. The highest BCUT2D eigenvalue weighted by atomic mass is 14.9. The van der Waals surface area contributed by atoms with E-state index in [4.69, 9.17) is 0 Å². The van der Waals surface area contributed by atoms with Crippen molar-refractivity contribution >= 4 is 0 Å². The molecule has 1 unspecified atom stereocenters. The second-order valence-electron chi connectivity index (χ2n) is 4.78. The Labute approximate surface area is 86.0 Å². The lowest BCUT2D eigenvalue weighted by atomic mass is 9.86. The molecule has 0 amide bonds. The van der Waals surface area contributed by atoms with Gasteiger partial charge in [0.2, 0.25) is 0 Å². The third-order valence-electron chi connectivity index (χ3n) is 2.15. The van der Waals surface area contributed by atoms with E-state index in [9.17, 15) is 0 Å². The highest BCUT2D eigenvalue weighted by Crippen LogP contribution is 2.28. The molecule has 0 aromatic carbocycles. The summed E-state index contributed by atoms with van der Waals surface area (Å²) in [5.74, 6) is 0. The zero-order valence-corrected chi connectivity index (χ0v) is 9.41. The molecule has 0 bridgehead atoms. The Bertz CT molecular complexity index is 264. The average Bonchev–Trinajstić information content (AvgIpc) is 2.14. The Morgan fingerprint density at radius 2 is 1.86 bits per heavy atom. The number of rotatable bonds is 3. The minimum Gasteiger partial charge on any atom is -0.313 e. The minimum absolute atomic E-state index is 0.309. The first-order valence-electron chi connectivity index (χ1n) is 4.95. The molecule has 3 nitrogen and oxygen atoms in total. The Morgan fingerprint density at radius 3 is 2.29 bits per heavy atom. The van der Waals surface area contributed by atoms with E-state index in [2.05, 4.69) is 36.1 Å². The van der Waals surface area contributed by atoms with Gasteiger partial charge in [0.15, 0.2) is 0 Å². The lowest BCUT2D eigenvalue weighted by molar-refractivity contribution is 0.320. The number of aromatic nitrogens is 2. The molecule has 14 heavy (non-hydrogen) atoms. The highest BCUT2D eigenvalue weighted by molar-refractivity contribution is 5.09. The first-order chi connectivity index (χ1) is 6.53. The molecule has 1 rings (SSSR count). The monoisotopic (exact) mass is 193 g/mol. The van der Waals surface area contributed by atoms with Gasteiger partial charge in [-0.05, 0) is 18.9 Å². The lowest BCUT2D eigenvalue weighted by Gasteiger charge is -2.25. The summed E-state index contributed by atoms with van der Waals surface area (Å²) >= 11 is 0. The van der Waals surface area contributed by atoms with Crippen molar-refractivity contribution in [2.45, 2.75) is 33.2 Å². The molecule has 78 valence electrons. The molecular weight excluding hydrogens is 174 g/mol. The number of hydrogen-bond donors (Lipinski definition) is 1. The summed E-state index contributed by atoms with van der Waals surface area (Å²) in [6.07, 6.45) is 6.39. The normalized spacial score (nSPS) is 14.0. The van der Waals surface area contributed by atoms with Gasteiger partial charge in [-0.15, -0.1) is 0 Å². The molecule has 1 heterocycles. The van der Waals surface area contributed by atoms with Crippen molar-refractivity contribution in [3.8, 4) is 0 Å². The van der Waals surface area contributed by atoms with Gasteiger partial charge in [0.1, 0.15) is 6.33 Å². The van der Waals surface area contributed by atoms with Gasteiger partial charge in [-0.25, -0.2) is 9.97 Å². The molecule has 3 heteroatoms. The smallest absolute Gasteiger partial charge is 0.115 e. The fraction of sp³-hybridized carbons (Fsp3) is 0.636. The van der Waals surface area contributed by atoms with Crippen LogP contribution in [-0.4, -0.2) is 17.0 Å². The maximum absolute atomic E-state index is 4.03. The Balaban J connectivity index is 2.73. The predicted octanol–water partition coefficient (Wildman–Crippen LogP) is 2.17. The predicted molar refractivity (Wildman–Crippen MR) is 57.9 cm³/mol. The highest BCUT2D eigenvalue weighted by Gasteiger charge is 2.18. The van der Waals surface area contributed by atoms with Crippen molar-refractivity contribution in [2.75, 3.05) is 7.05 Å². The molecule has 1 atom stereocenters. The first-order valence-corrected chi connectivity index (χ1v) is 4.95. The van der Waals surface area contributed by atoms with E-state index in [0.717, 1.165) is 12.0 Å². The van der Waals surface area contributed by atoms with Gasteiger partial charge in [-0.3, -0.25) is 0 Å². The molecule has 0 spiro atoms. The van der Waals surface area contributed by atoms with Crippen LogP contribution in [0, 0.1) is 5.41 Å². The summed E-state index contributed by atoms with van der Waals surface area (Å²) < 4.78 is 0. The molecule has 0 fully saturated rings. The van der Waals surface area contributed by atoms with Crippen LogP contribution < -0.4 is 5.32 Å². The van der Waals surface area contributed by atoms with Crippen LogP contribution in [0.15, 0.2) is 18.7 Å². The van der Waals surface area contributed by atoms with Gasteiger partial charge in [0.25, 0.3) is 0 Å². The second-order valence-corrected chi connectivity index (χ2v) is 4.78. The van der Waals surface area contributed by atoms with Gasteiger partial charge >= 0.3 is 0 Å². The van der Waals surface area contributed by atoms with Crippen LogP contribution in [0.4, 0.5) is 0 Å². The molecule has 0 aliphatic carbocycles. The summed E-state index contributed by atoms with van der Waals surface area (Å²) in [5.41, 5.74) is 1.47. The van der Waals surface area contributed by atoms with Crippen LogP contribution in [-0.2, 0) is 0 Å². The fourth-order valence-corrected chi connectivity index (χ4v) is 1.49. The summed E-state index contributed by atoms with van der Waals surface area (Å²) in [5, 5.41) is 3.29. The molecule has 0 radical (unpaired) electrons. The van der Waals surface area contributed by atoms with E-state index in [0.29, 0.717) is 11.5 Å². The van der Waals surface area contributed by atoms with Crippen molar-refractivity contribution in [2.24, 2.45) is 5.41 Å². The lowest BCUT2D eigenvalue weighted by Crippen LogP contribution is -2.22. The number of nitrogens with one attached hydrogen (secondary N) is 1. The Kier molecular flexibility index (Phi) is 3.58. The molecule has 1 N–H and O–H groups in total. The van der Waals surface area contributed by atoms with Crippen LogP contribution in [0.3, 0.4) is 0 Å². The van der Waals surface area contributed by atoms with Crippen molar-refractivity contribution < 1.29 is 0 Å². The van der Waals surface area contributed by atoms with Crippen LogP contribution >= 0.6 is 0 Å². The first kappa shape index (κ1) is 11.1. The second kappa shape index (κ2) is 4.51. The van der Waals surface area contributed by atoms with Crippen LogP contribution in [0.2, 0.25) is 0 Å². The molecule has 0 saturated carbocycles. The SMILES string of the molecule is CNC(CC(C)(C)C)c1cncnc1. The van der Waals surface area contributed by atoms with E-state index < -0.39 is 0 Å². The standard InChI is InChI=1S/C11H19N3/c1-11(2,3)5-10(12-4)9-6-13-8-14-7-9/h6-8,10,12H,5H2,1-4H3. The molecule has 0 aliphatic rings. The molecule has 1 aromatic rings. The van der Waals surface area contributed by atoms with Crippen LogP contribution in [0.25, 0.3) is 0 Å². The largest absolute Gasteiger partial charge is 0.313 e. The third-order valence-corrected chi connectivity index (χ3v) is 2.15. The van der Waals surface area contributed by atoms with Crippen molar-refractivity contribution in [1.82, 2.24) is 15.3 Å². The van der Waals surface area contributed by atoms with E-state index in [1.54, 1.807) is 6.33 Å². The van der Waals surface area contributed by atoms with Gasteiger partial charge in [-0.2, -0.15) is 0 Å². The third kappa shape index (κ3) is 3.42. The summed E-state index contributed by atoms with van der Waals surface area (Å²) in [7, 11) is 1.98. The van der Waals surface area contributed by atoms with Crippen LogP contribution in [0.5, 0.6) is 0 Å². The van der Waals surface area contributed by atoms with Gasteiger partial charge in [-0.1, -0.05) is 20.8 Å². The van der Waals surface area contributed by atoms with Gasteiger partial charge in [0.05, 0.1) is 0 Å². The number of nitrogens with zero attached hydrogens (tertiary/aromatic N) is 2.